The van der Waals surface area contributed by atoms with E-state index >= 15 is 0 Å². The molecule has 5 nitrogen and oxygen atoms in total. The fourth-order valence-corrected chi connectivity index (χ4v) is 3.83. The van der Waals surface area contributed by atoms with Gasteiger partial charge < -0.3 is 15.0 Å². The molecule has 1 fully saturated rings. The highest BCUT2D eigenvalue weighted by molar-refractivity contribution is 5.94. The Morgan fingerprint density at radius 3 is 3.04 bits per heavy atom. The van der Waals surface area contributed by atoms with E-state index in [-0.39, 0.29) is 11.9 Å². The fourth-order valence-electron chi connectivity index (χ4n) is 3.83. The van der Waals surface area contributed by atoms with Gasteiger partial charge in [-0.25, -0.2) is 0 Å². The number of benzene rings is 1. The first kappa shape index (κ1) is 17.0. The van der Waals surface area contributed by atoms with Crippen LogP contribution in [0.4, 0.5) is 0 Å². The number of rotatable bonds is 5. The summed E-state index contributed by atoms with van der Waals surface area (Å²) in [5.74, 6) is 1.04. The van der Waals surface area contributed by atoms with Crippen LogP contribution < -0.4 is 10.1 Å². The van der Waals surface area contributed by atoms with Crippen LogP contribution in [0, 0.1) is 0 Å². The molecule has 2 aromatic rings. The van der Waals surface area contributed by atoms with E-state index in [4.69, 9.17) is 4.74 Å². The molecule has 0 saturated carbocycles. The van der Waals surface area contributed by atoms with E-state index in [0.29, 0.717) is 5.56 Å². The van der Waals surface area contributed by atoms with Crippen LogP contribution in [0.1, 0.15) is 34.3 Å². The summed E-state index contributed by atoms with van der Waals surface area (Å²) in [7, 11) is 0. The molecule has 0 bridgehead atoms. The quantitative estimate of drug-likeness (QED) is 0.899. The van der Waals surface area contributed by atoms with Crippen molar-refractivity contribution in [1.29, 1.82) is 0 Å². The largest absolute Gasteiger partial charge is 0.493 e. The third-order valence-corrected chi connectivity index (χ3v) is 5.25. The molecule has 4 rings (SSSR count). The first-order chi connectivity index (χ1) is 12.8. The zero-order chi connectivity index (χ0) is 17.8. The first-order valence-corrected chi connectivity index (χ1v) is 9.46. The van der Waals surface area contributed by atoms with Gasteiger partial charge in [-0.1, -0.05) is 12.1 Å². The van der Waals surface area contributed by atoms with Gasteiger partial charge >= 0.3 is 0 Å². The predicted molar refractivity (Wildman–Crippen MR) is 101 cm³/mol. The van der Waals surface area contributed by atoms with E-state index in [1.165, 1.54) is 11.1 Å². The monoisotopic (exact) mass is 351 g/mol. The van der Waals surface area contributed by atoms with Crippen molar-refractivity contribution >= 4 is 5.91 Å². The van der Waals surface area contributed by atoms with Crippen LogP contribution in [-0.2, 0) is 12.8 Å². The number of piperidine rings is 1. The summed E-state index contributed by atoms with van der Waals surface area (Å²) in [6, 6.07) is 10.3. The highest BCUT2D eigenvalue weighted by atomic mass is 16.5. The third-order valence-electron chi connectivity index (χ3n) is 5.25. The maximum atomic E-state index is 12.3. The number of fused-ring (bicyclic) bond motifs is 1. The van der Waals surface area contributed by atoms with Crippen molar-refractivity contribution in [2.75, 3.05) is 26.2 Å². The lowest BCUT2D eigenvalue weighted by molar-refractivity contribution is 0.0904. The van der Waals surface area contributed by atoms with Gasteiger partial charge in [-0.2, -0.15) is 0 Å². The van der Waals surface area contributed by atoms with Gasteiger partial charge in [-0.05, 0) is 55.1 Å². The van der Waals surface area contributed by atoms with Crippen LogP contribution in [0.5, 0.6) is 5.75 Å². The molecule has 1 unspecified atom stereocenters. The van der Waals surface area contributed by atoms with Gasteiger partial charge in [0.2, 0.25) is 0 Å². The summed E-state index contributed by atoms with van der Waals surface area (Å²) in [6.07, 6.45) is 7.55. The van der Waals surface area contributed by atoms with Crippen LogP contribution >= 0.6 is 0 Å². The minimum Gasteiger partial charge on any atom is -0.493 e. The van der Waals surface area contributed by atoms with Crippen molar-refractivity contribution in [3.05, 3.63) is 59.4 Å². The molecule has 1 saturated heterocycles. The zero-order valence-electron chi connectivity index (χ0n) is 15.0. The van der Waals surface area contributed by atoms with E-state index < -0.39 is 0 Å². The minimum atomic E-state index is -0.00197. The minimum absolute atomic E-state index is 0.00197. The molecule has 2 aliphatic heterocycles. The Bertz CT molecular complexity index is 763. The number of nitrogens with zero attached hydrogens (tertiary/aromatic N) is 2. The molecule has 1 aromatic carbocycles. The Balaban J connectivity index is 1.29. The molecule has 136 valence electrons. The maximum absolute atomic E-state index is 12.3. The maximum Gasteiger partial charge on any atom is 0.251 e. The number of hydrogen-bond donors (Lipinski definition) is 1. The van der Waals surface area contributed by atoms with Gasteiger partial charge in [0.25, 0.3) is 5.91 Å². The average molecular weight is 351 g/mol. The Kier molecular flexibility index (Phi) is 5.16. The molecule has 0 aliphatic carbocycles. The zero-order valence-corrected chi connectivity index (χ0v) is 15.0. The predicted octanol–water partition coefficient (Wildman–Crippen LogP) is 2.45. The van der Waals surface area contributed by atoms with Gasteiger partial charge in [0.15, 0.2) is 0 Å². The van der Waals surface area contributed by atoms with Crippen LogP contribution in [0.3, 0.4) is 0 Å². The van der Waals surface area contributed by atoms with E-state index in [1.54, 1.807) is 24.5 Å². The number of hydrogen-bond acceptors (Lipinski definition) is 4. The number of nitrogens with one attached hydrogen (secondary N) is 1. The van der Waals surface area contributed by atoms with Crippen LogP contribution in [0.2, 0.25) is 0 Å². The van der Waals surface area contributed by atoms with E-state index in [9.17, 15) is 4.79 Å². The number of likely N-dealkylation sites (tertiary alicyclic amines) is 1. The highest BCUT2D eigenvalue weighted by Crippen LogP contribution is 2.26. The Labute approximate surface area is 154 Å². The van der Waals surface area contributed by atoms with Crippen molar-refractivity contribution in [3.8, 4) is 5.75 Å². The van der Waals surface area contributed by atoms with Crippen molar-refractivity contribution in [1.82, 2.24) is 15.2 Å². The number of pyridine rings is 1. The lowest BCUT2D eigenvalue weighted by Gasteiger charge is -2.33. The van der Waals surface area contributed by atoms with Crippen LogP contribution in [0.25, 0.3) is 0 Å². The molecule has 0 radical (unpaired) electrons. The number of carbonyl (C=O) groups is 1. The molecular formula is C21H25N3O2. The standard InChI is InChI=1S/C21H25N3O2/c25-21(17-5-9-22-10-6-17)23-19-2-1-11-24(15-19)12-7-16-3-4-20-18(14-16)8-13-26-20/h3-6,9-10,14,19H,1-2,7-8,11-13,15H2,(H,23,25). The molecule has 2 aliphatic rings. The Morgan fingerprint density at radius 2 is 2.15 bits per heavy atom. The summed E-state index contributed by atoms with van der Waals surface area (Å²) < 4.78 is 5.58. The SMILES string of the molecule is O=C(NC1CCCN(CCc2ccc3c(c2)CCO3)C1)c1ccncc1. The molecule has 5 heteroatoms. The van der Waals surface area contributed by atoms with E-state index in [0.717, 1.165) is 57.7 Å². The highest BCUT2D eigenvalue weighted by Gasteiger charge is 2.22. The lowest BCUT2D eigenvalue weighted by Crippen LogP contribution is -2.48. The normalized spacial score (nSPS) is 19.6. The molecule has 0 spiro atoms. The summed E-state index contributed by atoms with van der Waals surface area (Å²) in [4.78, 5) is 18.8. The molecule has 1 aromatic heterocycles. The third kappa shape index (κ3) is 4.05. The summed E-state index contributed by atoms with van der Waals surface area (Å²) in [5.41, 5.74) is 3.39. The number of aromatic nitrogens is 1. The van der Waals surface area contributed by atoms with Crippen molar-refractivity contribution in [2.45, 2.75) is 31.7 Å². The van der Waals surface area contributed by atoms with Crippen LogP contribution in [-0.4, -0.2) is 48.1 Å². The first-order valence-electron chi connectivity index (χ1n) is 9.46. The van der Waals surface area contributed by atoms with Crippen molar-refractivity contribution < 1.29 is 9.53 Å². The number of carbonyl (C=O) groups excluding carboxylic acids is 1. The smallest absolute Gasteiger partial charge is 0.251 e. The molecule has 1 atom stereocenters. The van der Waals surface area contributed by atoms with Crippen molar-refractivity contribution in [3.63, 3.8) is 0 Å². The molecular weight excluding hydrogens is 326 g/mol. The average Bonchev–Trinajstić information content (AvgIpc) is 3.15. The van der Waals surface area contributed by atoms with Crippen molar-refractivity contribution in [2.24, 2.45) is 0 Å². The summed E-state index contributed by atoms with van der Waals surface area (Å²) in [5, 5.41) is 3.17. The molecule has 3 heterocycles. The molecule has 26 heavy (non-hydrogen) atoms. The number of amides is 1. The second-order valence-corrected chi connectivity index (χ2v) is 7.14. The topological polar surface area (TPSA) is 54.5 Å². The fraction of sp³-hybridized carbons (Fsp3) is 0.429. The van der Waals surface area contributed by atoms with Gasteiger partial charge in [-0.15, -0.1) is 0 Å². The number of ether oxygens (including phenoxy) is 1. The van der Waals surface area contributed by atoms with Gasteiger partial charge in [-0.3, -0.25) is 9.78 Å². The van der Waals surface area contributed by atoms with E-state index in [2.05, 4.69) is 33.4 Å². The van der Waals surface area contributed by atoms with Crippen LogP contribution in [0.15, 0.2) is 42.7 Å². The Hall–Kier alpha value is -2.40. The second kappa shape index (κ2) is 7.87. The summed E-state index contributed by atoms with van der Waals surface area (Å²) in [6.45, 7) is 3.87. The second-order valence-electron chi connectivity index (χ2n) is 7.14. The summed E-state index contributed by atoms with van der Waals surface area (Å²) >= 11 is 0. The van der Waals surface area contributed by atoms with Gasteiger partial charge in [0.1, 0.15) is 5.75 Å². The Morgan fingerprint density at radius 1 is 1.27 bits per heavy atom. The molecule has 1 N–H and O–H groups in total. The lowest BCUT2D eigenvalue weighted by atomic mass is 10.0. The van der Waals surface area contributed by atoms with Gasteiger partial charge in [0.05, 0.1) is 6.61 Å². The van der Waals surface area contributed by atoms with E-state index in [1.807, 2.05) is 0 Å². The van der Waals surface area contributed by atoms with Gasteiger partial charge in [0, 0.05) is 43.5 Å². The molecule has 1 amide bonds.